The summed E-state index contributed by atoms with van der Waals surface area (Å²) in [6.45, 7) is 1.90. The zero-order valence-electron chi connectivity index (χ0n) is 11.8. The highest BCUT2D eigenvalue weighted by atomic mass is 127. The minimum Gasteiger partial charge on any atom is -0.497 e. The molecule has 0 saturated heterocycles. The van der Waals surface area contributed by atoms with Gasteiger partial charge >= 0.3 is 0 Å². The number of amides is 1. The fourth-order valence-electron chi connectivity index (χ4n) is 1.72. The molecule has 5 heteroatoms. The number of hydrogen-bond donors (Lipinski definition) is 1. The van der Waals surface area contributed by atoms with Gasteiger partial charge in [0.25, 0.3) is 0 Å². The van der Waals surface area contributed by atoms with E-state index in [0.717, 1.165) is 19.9 Å². The highest BCUT2D eigenvalue weighted by Gasteiger charge is 2.14. The van der Waals surface area contributed by atoms with E-state index in [1.165, 1.54) is 11.8 Å². The molecule has 1 atom stereocenters. The summed E-state index contributed by atoms with van der Waals surface area (Å²) < 4.78 is 6.22. The summed E-state index contributed by atoms with van der Waals surface area (Å²) in [5.74, 6) is 0.813. The third-order valence-corrected chi connectivity index (χ3v) is 4.62. The molecule has 2 aromatic rings. The monoisotopic (exact) mass is 413 g/mol. The molecule has 0 fully saturated rings. The molecule has 3 nitrogen and oxygen atoms in total. The van der Waals surface area contributed by atoms with Crippen LogP contribution in [0.5, 0.6) is 5.75 Å². The molecular weight excluding hydrogens is 397 g/mol. The van der Waals surface area contributed by atoms with Crippen molar-refractivity contribution in [2.75, 3.05) is 12.4 Å². The van der Waals surface area contributed by atoms with Gasteiger partial charge in [-0.1, -0.05) is 6.07 Å². The number of nitrogens with one attached hydrogen (secondary N) is 1. The number of thioether (sulfide) groups is 1. The maximum atomic E-state index is 12.2. The first-order chi connectivity index (χ1) is 10.1. The summed E-state index contributed by atoms with van der Waals surface area (Å²) in [5.41, 5.74) is 0.828. The van der Waals surface area contributed by atoms with Crippen molar-refractivity contribution in [3.63, 3.8) is 0 Å². The molecule has 21 heavy (non-hydrogen) atoms. The second-order valence-electron chi connectivity index (χ2n) is 4.44. The van der Waals surface area contributed by atoms with Gasteiger partial charge in [0, 0.05) is 14.2 Å². The Kier molecular flexibility index (Phi) is 5.93. The van der Waals surface area contributed by atoms with Gasteiger partial charge in [0.2, 0.25) is 5.91 Å². The number of anilines is 1. The van der Waals surface area contributed by atoms with Gasteiger partial charge in [0.15, 0.2) is 0 Å². The molecule has 0 aliphatic carbocycles. The Morgan fingerprint density at radius 2 is 1.95 bits per heavy atom. The van der Waals surface area contributed by atoms with Crippen molar-refractivity contribution in [2.24, 2.45) is 0 Å². The van der Waals surface area contributed by atoms with Crippen LogP contribution in [-0.4, -0.2) is 18.3 Å². The van der Waals surface area contributed by atoms with E-state index in [-0.39, 0.29) is 11.2 Å². The first-order valence-corrected chi connectivity index (χ1v) is 8.41. The number of halogens is 1. The fourth-order valence-corrected chi connectivity index (χ4v) is 3.13. The third-order valence-electron chi connectivity index (χ3n) is 2.83. The van der Waals surface area contributed by atoms with E-state index in [0.29, 0.717) is 0 Å². The molecule has 2 rings (SSSR count). The zero-order chi connectivity index (χ0) is 15.2. The van der Waals surface area contributed by atoms with Crippen molar-refractivity contribution in [3.05, 3.63) is 52.1 Å². The van der Waals surface area contributed by atoms with Crippen molar-refractivity contribution in [1.82, 2.24) is 0 Å². The summed E-state index contributed by atoms with van der Waals surface area (Å²) in [4.78, 5) is 13.2. The summed E-state index contributed by atoms with van der Waals surface area (Å²) in [7, 11) is 1.64. The lowest BCUT2D eigenvalue weighted by Gasteiger charge is -2.12. The molecule has 110 valence electrons. The molecule has 0 spiro atoms. The van der Waals surface area contributed by atoms with Crippen LogP contribution in [0.25, 0.3) is 0 Å². The highest BCUT2D eigenvalue weighted by molar-refractivity contribution is 14.1. The van der Waals surface area contributed by atoms with E-state index in [9.17, 15) is 4.79 Å². The number of benzene rings is 2. The first-order valence-electron chi connectivity index (χ1n) is 6.45. The molecular formula is C16H16INO2S. The Labute approximate surface area is 142 Å². The van der Waals surface area contributed by atoms with Gasteiger partial charge in [0.1, 0.15) is 5.75 Å². The van der Waals surface area contributed by atoms with Crippen LogP contribution in [0.3, 0.4) is 0 Å². The minimum atomic E-state index is -0.170. The van der Waals surface area contributed by atoms with Crippen molar-refractivity contribution >= 4 is 45.9 Å². The molecule has 1 unspecified atom stereocenters. The van der Waals surface area contributed by atoms with Crippen molar-refractivity contribution in [2.45, 2.75) is 17.1 Å². The van der Waals surface area contributed by atoms with Gasteiger partial charge in [-0.3, -0.25) is 4.79 Å². The van der Waals surface area contributed by atoms with Crippen LogP contribution < -0.4 is 10.1 Å². The van der Waals surface area contributed by atoms with Gasteiger partial charge in [0.05, 0.1) is 12.4 Å². The van der Waals surface area contributed by atoms with Gasteiger partial charge in [-0.05, 0) is 72.0 Å². The van der Waals surface area contributed by atoms with Gasteiger partial charge < -0.3 is 10.1 Å². The molecule has 2 aromatic carbocycles. The largest absolute Gasteiger partial charge is 0.497 e. The number of ether oxygens (including phenoxy) is 1. The Bertz CT molecular complexity index is 616. The molecule has 1 amide bonds. The maximum absolute atomic E-state index is 12.2. The van der Waals surface area contributed by atoms with E-state index in [1.54, 1.807) is 7.11 Å². The van der Waals surface area contributed by atoms with E-state index in [1.807, 2.05) is 55.5 Å². The lowest BCUT2D eigenvalue weighted by Crippen LogP contribution is -2.22. The first kappa shape index (κ1) is 16.2. The van der Waals surface area contributed by atoms with Crippen molar-refractivity contribution < 1.29 is 9.53 Å². The van der Waals surface area contributed by atoms with Crippen LogP contribution in [0, 0.1) is 3.57 Å². The lowest BCUT2D eigenvalue weighted by molar-refractivity contribution is -0.115. The summed E-state index contributed by atoms with van der Waals surface area (Å²) in [6, 6.07) is 15.5. The molecule has 0 saturated carbocycles. The quantitative estimate of drug-likeness (QED) is 0.583. The number of carbonyl (C=O) groups is 1. The predicted octanol–water partition coefficient (Wildman–Crippen LogP) is 4.42. The highest BCUT2D eigenvalue weighted by Crippen LogP contribution is 2.26. The predicted molar refractivity (Wildman–Crippen MR) is 96.1 cm³/mol. The third kappa shape index (κ3) is 4.93. The SMILES string of the molecule is COc1ccc(SC(C)C(=O)Nc2cccc(I)c2)cc1. The average molecular weight is 413 g/mol. The Morgan fingerprint density at radius 1 is 1.24 bits per heavy atom. The minimum absolute atomic E-state index is 0.00202. The van der Waals surface area contributed by atoms with E-state index < -0.39 is 0 Å². The van der Waals surface area contributed by atoms with Gasteiger partial charge in [-0.2, -0.15) is 0 Å². The van der Waals surface area contributed by atoms with Crippen molar-refractivity contribution in [3.8, 4) is 5.75 Å². The molecule has 0 radical (unpaired) electrons. The number of carbonyl (C=O) groups excluding carboxylic acids is 1. The van der Waals surface area contributed by atoms with Crippen LogP contribution >= 0.6 is 34.4 Å². The van der Waals surface area contributed by atoms with Gasteiger partial charge in [-0.25, -0.2) is 0 Å². The standard InChI is InChI=1S/C16H16INO2S/c1-11(21-15-8-6-14(20-2)7-9-15)16(19)18-13-5-3-4-12(17)10-13/h3-11H,1-2H3,(H,18,19). The molecule has 0 aliphatic rings. The number of rotatable bonds is 5. The van der Waals surface area contributed by atoms with Gasteiger partial charge in [-0.15, -0.1) is 11.8 Å². The zero-order valence-corrected chi connectivity index (χ0v) is 14.8. The number of methoxy groups -OCH3 is 1. The second-order valence-corrected chi connectivity index (χ2v) is 7.10. The normalized spacial score (nSPS) is 11.8. The molecule has 1 N–H and O–H groups in total. The van der Waals surface area contributed by atoms with Crippen LogP contribution in [0.1, 0.15) is 6.92 Å². The summed E-state index contributed by atoms with van der Waals surface area (Å²) in [6.07, 6.45) is 0. The molecule has 0 aliphatic heterocycles. The maximum Gasteiger partial charge on any atom is 0.237 e. The Morgan fingerprint density at radius 3 is 2.57 bits per heavy atom. The lowest BCUT2D eigenvalue weighted by atomic mass is 10.3. The van der Waals surface area contributed by atoms with Crippen LogP contribution in [-0.2, 0) is 4.79 Å². The molecule has 0 bridgehead atoms. The van der Waals surface area contributed by atoms with E-state index in [2.05, 4.69) is 27.9 Å². The molecule has 0 aromatic heterocycles. The fraction of sp³-hybridized carbons (Fsp3) is 0.188. The van der Waals surface area contributed by atoms with Crippen LogP contribution in [0.2, 0.25) is 0 Å². The van der Waals surface area contributed by atoms with Crippen LogP contribution in [0.15, 0.2) is 53.4 Å². The van der Waals surface area contributed by atoms with Crippen molar-refractivity contribution in [1.29, 1.82) is 0 Å². The van der Waals surface area contributed by atoms with E-state index >= 15 is 0 Å². The van der Waals surface area contributed by atoms with Crippen LogP contribution in [0.4, 0.5) is 5.69 Å². The average Bonchev–Trinajstić information content (AvgIpc) is 2.48. The molecule has 0 heterocycles. The smallest absolute Gasteiger partial charge is 0.237 e. The summed E-state index contributed by atoms with van der Waals surface area (Å²) >= 11 is 3.75. The second kappa shape index (κ2) is 7.70. The topological polar surface area (TPSA) is 38.3 Å². The Hall–Kier alpha value is -1.21. The number of hydrogen-bond acceptors (Lipinski definition) is 3. The van der Waals surface area contributed by atoms with E-state index in [4.69, 9.17) is 4.74 Å². The summed E-state index contributed by atoms with van der Waals surface area (Å²) in [5, 5.41) is 2.77. The Balaban J connectivity index is 1.95.